The molecule has 7 nitrogen and oxygen atoms in total. The summed E-state index contributed by atoms with van der Waals surface area (Å²) in [4.78, 5) is 22.4. The van der Waals surface area contributed by atoms with Crippen molar-refractivity contribution in [1.29, 1.82) is 0 Å². The van der Waals surface area contributed by atoms with Crippen molar-refractivity contribution in [1.82, 2.24) is 19.6 Å². The third-order valence-corrected chi connectivity index (χ3v) is 6.72. The van der Waals surface area contributed by atoms with Gasteiger partial charge >= 0.3 is 0 Å². The molecule has 4 rings (SSSR count). The van der Waals surface area contributed by atoms with Gasteiger partial charge in [0.1, 0.15) is 5.65 Å². The first kappa shape index (κ1) is 19.4. The Morgan fingerprint density at radius 3 is 2.83 bits per heavy atom. The van der Waals surface area contributed by atoms with Crippen LogP contribution >= 0.6 is 0 Å². The number of nitrogens with one attached hydrogen (secondary N) is 2. The fourth-order valence-electron chi connectivity index (χ4n) is 3.61. The average molecular weight is 410 g/mol. The highest BCUT2D eigenvalue weighted by molar-refractivity contribution is 7.89. The number of amides is 1. The minimum absolute atomic E-state index is 0.0912. The smallest absolute Gasteiger partial charge is 0.254 e. The number of rotatable bonds is 4. The Bertz CT molecular complexity index is 1230. The van der Waals surface area contributed by atoms with Crippen LogP contribution in [0.1, 0.15) is 27.9 Å². The zero-order valence-electron chi connectivity index (χ0n) is 16.3. The number of nitrogens with zero attached hydrogens (tertiary/aromatic N) is 2. The molecule has 0 saturated heterocycles. The van der Waals surface area contributed by atoms with Gasteiger partial charge < -0.3 is 9.88 Å². The number of aromatic nitrogens is 2. The standard InChI is InChI=1S/C21H22N4O3S/c1-14-5-6-16(29(27,28)22-2)12-18(14)21(26)25-10-7-15(8-11-25)19-13-24-20-17(19)4-3-9-23-20/h3-7,9,12-13,22H,8,10-11H2,1-2H3,(H,23,24). The maximum Gasteiger partial charge on any atom is 0.254 e. The number of aromatic amines is 1. The molecule has 3 heterocycles. The van der Waals surface area contributed by atoms with Crippen molar-refractivity contribution in [2.45, 2.75) is 18.2 Å². The SMILES string of the molecule is CNS(=O)(=O)c1ccc(C)c(C(=O)N2CC=C(c3c[nH]c4ncccc34)CC2)c1. The molecule has 1 aliphatic rings. The van der Waals surface area contributed by atoms with Crippen LogP contribution in [0.4, 0.5) is 0 Å². The molecule has 3 aromatic rings. The van der Waals surface area contributed by atoms with E-state index >= 15 is 0 Å². The molecule has 150 valence electrons. The van der Waals surface area contributed by atoms with E-state index in [0.717, 1.165) is 28.6 Å². The van der Waals surface area contributed by atoms with Gasteiger partial charge in [-0.3, -0.25) is 4.79 Å². The van der Waals surface area contributed by atoms with Crippen LogP contribution in [0.3, 0.4) is 0 Å². The van der Waals surface area contributed by atoms with E-state index in [1.165, 1.54) is 24.8 Å². The van der Waals surface area contributed by atoms with Gasteiger partial charge in [0.2, 0.25) is 10.0 Å². The molecule has 1 aliphatic heterocycles. The van der Waals surface area contributed by atoms with Crippen LogP contribution in [0.5, 0.6) is 0 Å². The lowest BCUT2D eigenvalue weighted by molar-refractivity contribution is 0.0772. The first-order valence-corrected chi connectivity index (χ1v) is 10.8. The summed E-state index contributed by atoms with van der Waals surface area (Å²) in [5, 5.41) is 1.07. The monoisotopic (exact) mass is 410 g/mol. The number of hydrogen-bond acceptors (Lipinski definition) is 4. The van der Waals surface area contributed by atoms with Crippen LogP contribution in [0.2, 0.25) is 0 Å². The lowest BCUT2D eigenvalue weighted by Crippen LogP contribution is -2.35. The molecule has 0 unspecified atom stereocenters. The summed E-state index contributed by atoms with van der Waals surface area (Å²) in [6.07, 6.45) is 6.49. The average Bonchev–Trinajstić information content (AvgIpc) is 3.18. The van der Waals surface area contributed by atoms with E-state index in [1.54, 1.807) is 17.2 Å². The third kappa shape index (κ3) is 3.56. The predicted molar refractivity (Wildman–Crippen MR) is 112 cm³/mol. The summed E-state index contributed by atoms with van der Waals surface area (Å²) < 4.78 is 26.5. The van der Waals surface area contributed by atoms with Crippen molar-refractivity contribution >= 4 is 32.5 Å². The highest BCUT2D eigenvalue weighted by Crippen LogP contribution is 2.29. The molecule has 1 aromatic carbocycles. The van der Waals surface area contributed by atoms with Crippen LogP contribution in [0.25, 0.3) is 16.6 Å². The van der Waals surface area contributed by atoms with Crippen LogP contribution in [-0.4, -0.2) is 49.3 Å². The summed E-state index contributed by atoms with van der Waals surface area (Å²) in [6, 6.07) is 8.57. The summed E-state index contributed by atoms with van der Waals surface area (Å²) in [7, 11) is -2.25. The Morgan fingerprint density at radius 1 is 1.28 bits per heavy atom. The minimum atomic E-state index is -3.60. The second-order valence-corrected chi connectivity index (χ2v) is 8.90. The Morgan fingerprint density at radius 2 is 2.10 bits per heavy atom. The number of carbonyl (C=O) groups excluding carboxylic acids is 1. The van der Waals surface area contributed by atoms with Crippen LogP contribution in [-0.2, 0) is 10.0 Å². The van der Waals surface area contributed by atoms with Gasteiger partial charge in [0.15, 0.2) is 0 Å². The van der Waals surface area contributed by atoms with E-state index in [0.29, 0.717) is 18.7 Å². The summed E-state index contributed by atoms with van der Waals surface area (Å²) >= 11 is 0. The highest BCUT2D eigenvalue weighted by atomic mass is 32.2. The van der Waals surface area contributed by atoms with Gasteiger partial charge in [-0.05, 0) is 55.8 Å². The van der Waals surface area contributed by atoms with E-state index in [1.807, 2.05) is 25.3 Å². The first-order valence-electron chi connectivity index (χ1n) is 9.35. The summed E-state index contributed by atoms with van der Waals surface area (Å²) in [5.41, 5.74) is 4.30. The number of benzene rings is 1. The fourth-order valence-corrected chi connectivity index (χ4v) is 4.36. The maximum absolute atomic E-state index is 13.1. The number of aryl methyl sites for hydroxylation is 1. The number of pyridine rings is 1. The van der Waals surface area contributed by atoms with E-state index in [9.17, 15) is 13.2 Å². The molecule has 8 heteroatoms. The number of fused-ring (bicyclic) bond motifs is 1. The van der Waals surface area contributed by atoms with Gasteiger partial charge in [0, 0.05) is 42.0 Å². The Kier molecular flexibility index (Phi) is 4.97. The minimum Gasteiger partial charge on any atom is -0.346 e. The molecule has 0 spiro atoms. The van der Waals surface area contributed by atoms with Crippen molar-refractivity contribution in [3.8, 4) is 0 Å². The molecule has 2 aromatic heterocycles. The second kappa shape index (κ2) is 7.46. The third-order valence-electron chi connectivity index (χ3n) is 5.31. The molecule has 0 saturated carbocycles. The molecule has 0 aliphatic carbocycles. The van der Waals surface area contributed by atoms with Gasteiger partial charge in [0.25, 0.3) is 5.91 Å². The Labute approximate surface area is 169 Å². The molecular weight excluding hydrogens is 388 g/mol. The molecule has 0 bridgehead atoms. The molecule has 29 heavy (non-hydrogen) atoms. The number of H-pyrrole nitrogens is 1. The predicted octanol–water partition coefficient (Wildman–Crippen LogP) is 2.71. The van der Waals surface area contributed by atoms with E-state index < -0.39 is 10.0 Å². The van der Waals surface area contributed by atoms with E-state index in [-0.39, 0.29) is 10.8 Å². The van der Waals surface area contributed by atoms with Gasteiger partial charge in [-0.2, -0.15) is 0 Å². The van der Waals surface area contributed by atoms with Crippen molar-refractivity contribution in [2.24, 2.45) is 0 Å². The highest BCUT2D eigenvalue weighted by Gasteiger charge is 2.23. The Hall–Kier alpha value is -2.97. The van der Waals surface area contributed by atoms with Gasteiger partial charge in [-0.25, -0.2) is 18.1 Å². The molecular formula is C21H22N4O3S. The second-order valence-electron chi connectivity index (χ2n) is 7.02. The van der Waals surface area contributed by atoms with Crippen LogP contribution < -0.4 is 4.72 Å². The quantitative estimate of drug-likeness (QED) is 0.691. The molecule has 2 N–H and O–H groups in total. The van der Waals surface area contributed by atoms with Crippen molar-refractivity contribution in [2.75, 3.05) is 20.1 Å². The zero-order valence-corrected chi connectivity index (χ0v) is 17.1. The van der Waals surface area contributed by atoms with E-state index in [2.05, 4.69) is 20.8 Å². The lowest BCUT2D eigenvalue weighted by atomic mass is 9.98. The summed E-state index contributed by atoms with van der Waals surface area (Å²) in [5.74, 6) is -0.161. The molecule has 0 atom stereocenters. The number of carbonyl (C=O) groups is 1. The first-order chi connectivity index (χ1) is 13.9. The van der Waals surface area contributed by atoms with Gasteiger partial charge in [-0.1, -0.05) is 12.1 Å². The Balaban J connectivity index is 1.59. The number of hydrogen-bond donors (Lipinski definition) is 2. The maximum atomic E-state index is 13.1. The largest absolute Gasteiger partial charge is 0.346 e. The van der Waals surface area contributed by atoms with E-state index in [4.69, 9.17) is 0 Å². The summed E-state index contributed by atoms with van der Waals surface area (Å²) in [6.45, 7) is 2.86. The van der Waals surface area contributed by atoms with Crippen molar-refractivity contribution in [3.05, 3.63) is 65.5 Å². The topological polar surface area (TPSA) is 95.2 Å². The zero-order chi connectivity index (χ0) is 20.6. The lowest BCUT2D eigenvalue weighted by Gasteiger charge is -2.27. The molecule has 0 fully saturated rings. The van der Waals surface area contributed by atoms with Gasteiger partial charge in [0.05, 0.1) is 4.90 Å². The van der Waals surface area contributed by atoms with Gasteiger partial charge in [-0.15, -0.1) is 0 Å². The normalized spacial score (nSPS) is 14.8. The van der Waals surface area contributed by atoms with Crippen molar-refractivity contribution in [3.63, 3.8) is 0 Å². The number of sulfonamides is 1. The van der Waals surface area contributed by atoms with Crippen LogP contribution in [0.15, 0.2) is 53.7 Å². The molecule has 0 radical (unpaired) electrons. The van der Waals surface area contributed by atoms with Crippen molar-refractivity contribution < 1.29 is 13.2 Å². The van der Waals surface area contributed by atoms with Crippen LogP contribution in [0, 0.1) is 6.92 Å². The fraction of sp³-hybridized carbons (Fsp3) is 0.238. The molecule has 1 amide bonds.